The van der Waals surface area contributed by atoms with Gasteiger partial charge in [-0.05, 0) is 49.2 Å². The summed E-state index contributed by atoms with van der Waals surface area (Å²) >= 11 is 0. The van der Waals surface area contributed by atoms with Gasteiger partial charge in [0.05, 0.1) is 22.5 Å². The van der Waals surface area contributed by atoms with E-state index in [0.717, 1.165) is 17.4 Å². The van der Waals surface area contributed by atoms with Crippen LogP contribution in [-0.4, -0.2) is 41.9 Å². The summed E-state index contributed by atoms with van der Waals surface area (Å²) in [5, 5.41) is 0. The first-order valence-corrected chi connectivity index (χ1v) is 10.9. The molecule has 0 spiro atoms. The van der Waals surface area contributed by atoms with Crippen LogP contribution in [0.2, 0.25) is 0 Å². The van der Waals surface area contributed by atoms with Gasteiger partial charge in [0, 0.05) is 18.7 Å². The molecule has 1 fully saturated rings. The summed E-state index contributed by atoms with van der Waals surface area (Å²) in [4.78, 5) is 18.3. The molecule has 0 aliphatic heterocycles. The lowest BCUT2D eigenvalue weighted by atomic mass is 10.2. The molecule has 30 heavy (non-hydrogen) atoms. The van der Waals surface area contributed by atoms with E-state index in [2.05, 4.69) is 9.71 Å². The van der Waals surface area contributed by atoms with E-state index < -0.39 is 22.5 Å². The van der Waals surface area contributed by atoms with E-state index in [1.807, 2.05) is 0 Å². The first kappa shape index (κ1) is 20.4. The van der Waals surface area contributed by atoms with Gasteiger partial charge in [0.1, 0.15) is 5.82 Å². The molecule has 1 aromatic heterocycles. The fraction of sp³-hybridized carbons (Fsp3) is 0.300. The molecular formula is C20H20F2N4O3S. The molecule has 2 aromatic carbocycles. The molecule has 1 aliphatic carbocycles. The number of para-hydroxylation sites is 2. The standard InChI is InChI=1S/C20H20F2N4O3S/c1-25(12-18-23-16-4-2-3-5-17(16)26(18)20(21)22)19(27)13-6-10-15(11-7-13)30(28,29)24-14-8-9-14/h2-7,10-11,14,20,24H,8-9,12H2,1H3. The van der Waals surface area contributed by atoms with E-state index >= 15 is 0 Å². The Hall–Kier alpha value is -2.85. The third-order valence-corrected chi connectivity index (χ3v) is 6.44. The molecule has 1 aliphatic rings. The van der Waals surface area contributed by atoms with Gasteiger partial charge in [-0.15, -0.1) is 0 Å². The van der Waals surface area contributed by atoms with Crippen LogP contribution >= 0.6 is 0 Å². The van der Waals surface area contributed by atoms with Crippen LogP contribution in [0.5, 0.6) is 0 Å². The normalized spacial score (nSPS) is 14.4. The molecule has 1 saturated carbocycles. The largest absolute Gasteiger partial charge is 0.334 e. The van der Waals surface area contributed by atoms with Gasteiger partial charge in [0.15, 0.2) is 0 Å². The highest BCUT2D eigenvalue weighted by molar-refractivity contribution is 7.89. The van der Waals surface area contributed by atoms with Crippen LogP contribution in [0.15, 0.2) is 53.4 Å². The summed E-state index contributed by atoms with van der Waals surface area (Å²) in [7, 11) is -2.13. The number of halogens is 2. The molecule has 0 unspecified atom stereocenters. The van der Waals surface area contributed by atoms with Gasteiger partial charge >= 0.3 is 6.55 Å². The summed E-state index contributed by atoms with van der Waals surface area (Å²) in [6, 6.07) is 12.1. The summed E-state index contributed by atoms with van der Waals surface area (Å²) < 4.78 is 55.0. The average Bonchev–Trinajstić information content (AvgIpc) is 3.43. The molecule has 158 valence electrons. The monoisotopic (exact) mass is 434 g/mol. The highest BCUT2D eigenvalue weighted by atomic mass is 32.2. The van der Waals surface area contributed by atoms with Gasteiger partial charge < -0.3 is 4.90 Å². The number of aromatic nitrogens is 2. The van der Waals surface area contributed by atoms with Crippen molar-refractivity contribution >= 4 is 27.0 Å². The molecule has 0 atom stereocenters. The van der Waals surface area contributed by atoms with E-state index in [-0.39, 0.29) is 28.9 Å². The number of imidazole rings is 1. The predicted molar refractivity (Wildman–Crippen MR) is 107 cm³/mol. The van der Waals surface area contributed by atoms with Crippen LogP contribution in [0.25, 0.3) is 11.0 Å². The quantitative estimate of drug-likeness (QED) is 0.619. The first-order valence-electron chi connectivity index (χ1n) is 9.38. The van der Waals surface area contributed by atoms with Gasteiger partial charge in [0.2, 0.25) is 10.0 Å². The minimum absolute atomic E-state index is 0.0171. The van der Waals surface area contributed by atoms with Crippen molar-refractivity contribution in [2.75, 3.05) is 7.05 Å². The maximum absolute atomic E-state index is 13.6. The van der Waals surface area contributed by atoms with Crippen molar-refractivity contribution in [3.05, 3.63) is 59.9 Å². The Bertz CT molecular complexity index is 1190. The molecular weight excluding hydrogens is 414 g/mol. The van der Waals surface area contributed by atoms with Crippen molar-refractivity contribution in [2.24, 2.45) is 0 Å². The van der Waals surface area contributed by atoms with Crippen molar-refractivity contribution in [1.29, 1.82) is 0 Å². The van der Waals surface area contributed by atoms with Gasteiger partial charge in [0.25, 0.3) is 5.91 Å². The van der Waals surface area contributed by atoms with Crippen LogP contribution in [0, 0.1) is 0 Å². The molecule has 0 saturated heterocycles. The van der Waals surface area contributed by atoms with Crippen molar-refractivity contribution in [3.8, 4) is 0 Å². The van der Waals surface area contributed by atoms with Crippen molar-refractivity contribution in [2.45, 2.75) is 36.9 Å². The van der Waals surface area contributed by atoms with Crippen LogP contribution in [-0.2, 0) is 16.6 Å². The summed E-state index contributed by atoms with van der Waals surface area (Å²) in [6.45, 7) is -2.92. The molecule has 0 radical (unpaired) electrons. The lowest BCUT2D eigenvalue weighted by Gasteiger charge is -2.18. The third-order valence-electron chi connectivity index (χ3n) is 4.90. The Morgan fingerprint density at radius 3 is 2.50 bits per heavy atom. The zero-order valence-corrected chi connectivity index (χ0v) is 16.9. The Morgan fingerprint density at radius 2 is 1.87 bits per heavy atom. The number of hydrogen-bond donors (Lipinski definition) is 1. The minimum atomic E-state index is -3.61. The lowest BCUT2D eigenvalue weighted by molar-refractivity contribution is 0.0646. The number of nitrogens with zero attached hydrogens (tertiary/aromatic N) is 3. The van der Waals surface area contributed by atoms with Gasteiger partial charge in [-0.25, -0.2) is 18.1 Å². The highest BCUT2D eigenvalue weighted by Crippen LogP contribution is 2.25. The lowest BCUT2D eigenvalue weighted by Crippen LogP contribution is -2.28. The van der Waals surface area contributed by atoms with Gasteiger partial charge in [-0.2, -0.15) is 8.78 Å². The van der Waals surface area contributed by atoms with Crippen LogP contribution in [0.1, 0.15) is 35.6 Å². The maximum atomic E-state index is 13.6. The average molecular weight is 434 g/mol. The SMILES string of the molecule is CN(Cc1nc2ccccc2n1C(F)F)C(=O)c1ccc(S(=O)(=O)NC2CC2)cc1. The van der Waals surface area contributed by atoms with E-state index in [0.29, 0.717) is 11.0 Å². The second kappa shape index (κ2) is 7.77. The fourth-order valence-corrected chi connectivity index (χ4v) is 4.50. The number of alkyl halides is 2. The van der Waals surface area contributed by atoms with Gasteiger partial charge in [-0.1, -0.05) is 12.1 Å². The van der Waals surface area contributed by atoms with E-state index in [1.165, 1.54) is 36.2 Å². The fourth-order valence-electron chi connectivity index (χ4n) is 3.19. The smallest absolute Gasteiger partial charge is 0.320 e. The van der Waals surface area contributed by atoms with E-state index in [4.69, 9.17) is 0 Å². The second-order valence-electron chi connectivity index (χ2n) is 7.25. The number of fused-ring (bicyclic) bond motifs is 1. The molecule has 3 aromatic rings. The van der Waals surface area contributed by atoms with Crippen molar-refractivity contribution in [3.63, 3.8) is 0 Å². The number of benzene rings is 2. The summed E-state index contributed by atoms with van der Waals surface area (Å²) in [5.74, 6) is -0.364. The van der Waals surface area contributed by atoms with Crippen LogP contribution in [0.3, 0.4) is 0 Å². The zero-order valence-electron chi connectivity index (χ0n) is 16.1. The van der Waals surface area contributed by atoms with E-state index in [1.54, 1.807) is 24.3 Å². The topological polar surface area (TPSA) is 84.3 Å². The number of carbonyl (C=O) groups is 1. The molecule has 10 heteroatoms. The Balaban J connectivity index is 1.53. The molecule has 4 rings (SSSR count). The molecule has 1 N–H and O–H groups in total. The molecule has 1 heterocycles. The molecule has 1 amide bonds. The predicted octanol–water partition coefficient (Wildman–Crippen LogP) is 3.14. The van der Waals surface area contributed by atoms with Crippen LogP contribution < -0.4 is 4.72 Å². The number of amides is 1. The summed E-state index contributed by atoms with van der Waals surface area (Å²) in [6.07, 6.45) is 1.65. The number of rotatable bonds is 7. The van der Waals surface area contributed by atoms with Crippen molar-refractivity contribution in [1.82, 2.24) is 19.2 Å². The highest BCUT2D eigenvalue weighted by Gasteiger charge is 2.28. The van der Waals surface area contributed by atoms with Crippen molar-refractivity contribution < 1.29 is 22.0 Å². The minimum Gasteiger partial charge on any atom is -0.334 e. The Labute approximate surface area is 172 Å². The molecule has 0 bridgehead atoms. The number of sulfonamides is 1. The third kappa shape index (κ3) is 4.05. The van der Waals surface area contributed by atoms with Gasteiger partial charge in [-0.3, -0.25) is 9.36 Å². The summed E-state index contributed by atoms with van der Waals surface area (Å²) in [5.41, 5.74) is 0.968. The molecule has 7 nitrogen and oxygen atoms in total. The zero-order chi connectivity index (χ0) is 21.5. The number of carbonyl (C=O) groups excluding carboxylic acids is 1. The number of nitrogens with one attached hydrogen (secondary N) is 1. The van der Waals surface area contributed by atoms with E-state index in [9.17, 15) is 22.0 Å². The maximum Gasteiger partial charge on any atom is 0.320 e. The van der Waals surface area contributed by atoms with Crippen LogP contribution in [0.4, 0.5) is 8.78 Å². The first-order chi connectivity index (χ1) is 14.3. The second-order valence-corrected chi connectivity index (χ2v) is 8.96. The number of hydrogen-bond acceptors (Lipinski definition) is 4. The Kier molecular flexibility index (Phi) is 5.29. The Morgan fingerprint density at radius 1 is 1.20 bits per heavy atom.